The summed E-state index contributed by atoms with van der Waals surface area (Å²) < 4.78 is 14.0. The number of ether oxygens (including phenoxy) is 2. The molecule has 2 aromatic carbocycles. The van der Waals surface area contributed by atoms with Crippen molar-refractivity contribution >= 4 is 28.8 Å². The Morgan fingerprint density at radius 2 is 1.86 bits per heavy atom. The fraction of sp³-hybridized carbons (Fsp3) is 0.483. The molecule has 194 valence electrons. The number of anilines is 1. The Bertz CT molecular complexity index is 1350. The number of hydrogen-bond donors (Lipinski definition) is 1. The zero-order valence-electron chi connectivity index (χ0n) is 21.4. The topological polar surface area (TPSA) is 93.9 Å². The second kappa shape index (κ2) is 9.08. The summed E-state index contributed by atoms with van der Waals surface area (Å²) >= 11 is 0. The summed E-state index contributed by atoms with van der Waals surface area (Å²) in [5, 5.41) is 9.79. The monoisotopic (exact) mass is 503 g/mol. The van der Waals surface area contributed by atoms with Gasteiger partial charge in [0.2, 0.25) is 0 Å². The average Bonchev–Trinajstić information content (AvgIpc) is 3.58. The van der Waals surface area contributed by atoms with Crippen LogP contribution in [0, 0.1) is 5.92 Å². The van der Waals surface area contributed by atoms with E-state index >= 15 is 0 Å². The largest absolute Gasteiger partial charge is 0.481 e. The quantitative estimate of drug-likeness (QED) is 0.471. The molecule has 0 spiro atoms. The van der Waals surface area contributed by atoms with Crippen LogP contribution >= 0.6 is 0 Å². The smallest absolute Gasteiger partial charge is 0.414 e. The maximum atomic E-state index is 12.7. The molecule has 6 rings (SSSR count). The van der Waals surface area contributed by atoms with Crippen molar-refractivity contribution in [2.45, 2.75) is 76.0 Å². The van der Waals surface area contributed by atoms with Crippen molar-refractivity contribution in [1.82, 2.24) is 9.55 Å². The van der Waals surface area contributed by atoms with E-state index in [4.69, 9.17) is 14.5 Å². The molecule has 1 aromatic heterocycles. The van der Waals surface area contributed by atoms with Crippen LogP contribution in [-0.4, -0.2) is 39.9 Å². The van der Waals surface area contributed by atoms with Gasteiger partial charge < -0.3 is 19.1 Å². The summed E-state index contributed by atoms with van der Waals surface area (Å²) in [4.78, 5) is 31.6. The van der Waals surface area contributed by atoms with E-state index in [2.05, 4.69) is 4.57 Å². The van der Waals surface area contributed by atoms with Crippen LogP contribution in [0.4, 0.5) is 10.5 Å². The van der Waals surface area contributed by atoms with Crippen molar-refractivity contribution in [3.8, 4) is 5.75 Å². The number of carboxylic acids is 1. The molecule has 8 nitrogen and oxygen atoms in total. The van der Waals surface area contributed by atoms with Crippen LogP contribution in [0.15, 0.2) is 42.5 Å². The number of benzene rings is 2. The zero-order valence-corrected chi connectivity index (χ0v) is 21.4. The van der Waals surface area contributed by atoms with E-state index < -0.39 is 11.6 Å². The van der Waals surface area contributed by atoms with E-state index in [1.165, 1.54) is 7.11 Å². The van der Waals surface area contributed by atoms with Crippen molar-refractivity contribution in [2.24, 2.45) is 5.92 Å². The fourth-order valence-corrected chi connectivity index (χ4v) is 6.29. The molecule has 1 amide bonds. The molecule has 1 N–H and O–H groups in total. The molecule has 0 saturated heterocycles. The van der Waals surface area contributed by atoms with E-state index in [-0.39, 0.29) is 24.1 Å². The minimum absolute atomic E-state index is 0.0315. The van der Waals surface area contributed by atoms with Crippen molar-refractivity contribution < 1.29 is 24.2 Å². The number of amides is 1. The lowest BCUT2D eigenvalue weighted by molar-refractivity contribution is -0.143. The van der Waals surface area contributed by atoms with E-state index in [1.54, 1.807) is 4.90 Å². The predicted molar refractivity (Wildman–Crippen MR) is 139 cm³/mol. The van der Waals surface area contributed by atoms with E-state index in [9.17, 15) is 14.7 Å². The highest BCUT2D eigenvalue weighted by molar-refractivity contribution is 5.95. The van der Waals surface area contributed by atoms with Crippen LogP contribution in [0.3, 0.4) is 0 Å². The van der Waals surface area contributed by atoms with Crippen LogP contribution in [0.1, 0.15) is 69.3 Å². The summed E-state index contributed by atoms with van der Waals surface area (Å²) in [6.45, 7) is 2.04. The minimum Gasteiger partial charge on any atom is -0.481 e. The summed E-state index contributed by atoms with van der Waals surface area (Å²) in [6.07, 6.45) is 6.04. The summed E-state index contributed by atoms with van der Waals surface area (Å²) in [5.74, 6) is 0.595. The Balaban J connectivity index is 1.51. The van der Waals surface area contributed by atoms with E-state index in [0.29, 0.717) is 12.8 Å². The van der Waals surface area contributed by atoms with Gasteiger partial charge in [0.1, 0.15) is 5.75 Å². The predicted octanol–water partition coefficient (Wildman–Crippen LogP) is 5.83. The van der Waals surface area contributed by atoms with Gasteiger partial charge in [0.25, 0.3) is 0 Å². The minimum atomic E-state index is -0.725. The molecule has 37 heavy (non-hydrogen) atoms. The fourth-order valence-electron chi connectivity index (χ4n) is 6.29. The average molecular weight is 504 g/mol. The number of carboxylic acid groups (broad SMARTS) is 1. The Labute approximate surface area is 216 Å². The zero-order chi connectivity index (χ0) is 25.7. The van der Waals surface area contributed by atoms with Crippen molar-refractivity contribution in [2.75, 3.05) is 12.0 Å². The highest BCUT2D eigenvalue weighted by atomic mass is 16.5. The number of methoxy groups -OCH3 is 1. The summed E-state index contributed by atoms with van der Waals surface area (Å²) in [7, 11) is 1.41. The lowest BCUT2D eigenvalue weighted by Crippen LogP contribution is -2.42. The van der Waals surface area contributed by atoms with Crippen LogP contribution in [0.25, 0.3) is 11.0 Å². The van der Waals surface area contributed by atoms with Crippen LogP contribution in [0.5, 0.6) is 5.75 Å². The maximum absolute atomic E-state index is 12.7. The van der Waals surface area contributed by atoms with Gasteiger partial charge in [-0.25, -0.2) is 9.78 Å². The molecule has 0 bridgehead atoms. The molecular formula is C29H33N3O5. The first kappa shape index (κ1) is 23.8. The molecule has 3 aliphatic rings. The number of hydrogen-bond acceptors (Lipinski definition) is 5. The number of aliphatic carboxylic acids is 1. The molecule has 3 aromatic rings. The number of carbonyl (C=O) groups is 2. The first-order chi connectivity index (χ1) is 17.9. The standard InChI is InChI=1S/C29H33N3O5/c1-18-11-12-22-23(31(18)28(35)36-2)13-14-24-25(22)30-27(29(15-16-29)37-21-9-4-3-5-10-21)32(24)20-8-6-7-19(17-20)26(33)34/h3-5,9-10,13-14,18-20H,6-8,11-12,15-17H2,1-2H3,(H,33,34)/t18?,19-,20-/m1/s1. The third-order valence-electron chi connectivity index (χ3n) is 8.35. The van der Waals surface area contributed by atoms with Crippen LogP contribution in [-0.2, 0) is 21.6 Å². The maximum Gasteiger partial charge on any atom is 0.414 e. The summed E-state index contributed by atoms with van der Waals surface area (Å²) in [6, 6.07) is 13.9. The normalized spacial score (nSPS) is 24.4. The second-order valence-electron chi connectivity index (χ2n) is 10.7. The van der Waals surface area contributed by atoms with Crippen molar-refractivity contribution in [3.63, 3.8) is 0 Å². The molecule has 1 unspecified atom stereocenters. The van der Waals surface area contributed by atoms with Gasteiger partial charge in [-0.3, -0.25) is 9.69 Å². The number of rotatable bonds is 5. The molecule has 2 heterocycles. The number of para-hydroxylation sites is 1. The van der Waals surface area contributed by atoms with Gasteiger partial charge in [0.05, 0.1) is 29.7 Å². The van der Waals surface area contributed by atoms with E-state index in [0.717, 1.165) is 72.4 Å². The van der Waals surface area contributed by atoms with Crippen LogP contribution in [0.2, 0.25) is 0 Å². The second-order valence-corrected chi connectivity index (χ2v) is 10.7. The van der Waals surface area contributed by atoms with Crippen LogP contribution < -0.4 is 9.64 Å². The number of aromatic nitrogens is 2. The van der Waals surface area contributed by atoms with Gasteiger partial charge in [-0.1, -0.05) is 24.6 Å². The third kappa shape index (κ3) is 4.03. The molecule has 2 saturated carbocycles. The number of carbonyl (C=O) groups excluding carboxylic acids is 1. The molecule has 8 heteroatoms. The SMILES string of the molecule is COC(=O)N1c2ccc3c(nc(C4(Oc5ccccc5)CC4)n3[C@@H]3CCC[C@@H](C(=O)O)C3)c2CCC1C. The first-order valence-corrected chi connectivity index (χ1v) is 13.3. The van der Waals surface area contributed by atoms with Crippen molar-refractivity contribution in [1.29, 1.82) is 0 Å². The number of fused-ring (bicyclic) bond motifs is 3. The Morgan fingerprint density at radius 1 is 1.08 bits per heavy atom. The molecule has 3 atom stereocenters. The van der Waals surface area contributed by atoms with Crippen molar-refractivity contribution in [3.05, 3.63) is 53.9 Å². The lowest BCUT2D eigenvalue weighted by atomic mass is 9.85. The summed E-state index contributed by atoms with van der Waals surface area (Å²) in [5.41, 5.74) is 3.23. The molecule has 2 fully saturated rings. The molecule has 1 aliphatic heterocycles. The highest BCUT2D eigenvalue weighted by Crippen LogP contribution is 2.52. The van der Waals surface area contributed by atoms with Gasteiger partial charge >= 0.3 is 12.1 Å². The molecule has 0 radical (unpaired) electrons. The molecule has 2 aliphatic carbocycles. The Hall–Kier alpha value is -3.55. The van der Waals surface area contributed by atoms with E-state index in [1.807, 2.05) is 49.4 Å². The third-order valence-corrected chi connectivity index (χ3v) is 8.35. The number of aryl methyl sites for hydroxylation is 1. The van der Waals surface area contributed by atoms with Gasteiger partial charge in [0.15, 0.2) is 11.4 Å². The Kier molecular flexibility index (Phi) is 5.85. The van der Waals surface area contributed by atoms with Gasteiger partial charge in [-0.15, -0.1) is 0 Å². The van der Waals surface area contributed by atoms with Gasteiger partial charge in [-0.05, 0) is 76.1 Å². The first-order valence-electron chi connectivity index (χ1n) is 13.3. The number of nitrogens with zero attached hydrogens (tertiary/aromatic N) is 3. The van der Waals surface area contributed by atoms with Gasteiger partial charge in [0, 0.05) is 17.6 Å². The lowest BCUT2D eigenvalue weighted by Gasteiger charge is -2.34. The Morgan fingerprint density at radius 3 is 2.57 bits per heavy atom. The highest BCUT2D eigenvalue weighted by Gasteiger charge is 2.52. The molecular weight excluding hydrogens is 470 g/mol. The number of imidazole rings is 1. The van der Waals surface area contributed by atoms with Gasteiger partial charge in [-0.2, -0.15) is 0 Å².